The summed E-state index contributed by atoms with van der Waals surface area (Å²) in [5.74, 6) is -0.227. The van der Waals surface area contributed by atoms with Gasteiger partial charge < -0.3 is 20.7 Å². The molecule has 0 aliphatic heterocycles. The largest absolute Gasteiger partial charge is 0.444 e. The van der Waals surface area contributed by atoms with E-state index in [4.69, 9.17) is 4.74 Å². The standard InChI is InChI=1S/C24H30BrN3O4/c1-24(2,3)32-23(31)26-14-13-21(29)27-16-18-7-10-20(11-8-18)28-22(30)12-9-17-5-4-6-19(25)15-17/h4-8,10-11,15H,9,12-14,16H2,1-3H3,(H,26,31)(H,27,29)(H,28,30). The van der Waals surface area contributed by atoms with Crippen LogP contribution in [0.15, 0.2) is 53.0 Å². The third-order valence-corrected chi connectivity index (χ3v) is 4.77. The van der Waals surface area contributed by atoms with E-state index in [-0.39, 0.29) is 24.8 Å². The maximum atomic E-state index is 12.2. The van der Waals surface area contributed by atoms with Crippen LogP contribution in [0.2, 0.25) is 0 Å². The highest BCUT2D eigenvalue weighted by molar-refractivity contribution is 9.10. The Labute approximate surface area is 197 Å². The molecule has 0 atom stereocenters. The number of hydrogen-bond donors (Lipinski definition) is 3. The van der Waals surface area contributed by atoms with E-state index in [0.29, 0.717) is 25.1 Å². The van der Waals surface area contributed by atoms with Gasteiger partial charge in [0, 0.05) is 36.1 Å². The number of amides is 3. The normalized spacial score (nSPS) is 10.9. The van der Waals surface area contributed by atoms with Gasteiger partial charge in [-0.15, -0.1) is 0 Å². The van der Waals surface area contributed by atoms with E-state index in [9.17, 15) is 14.4 Å². The van der Waals surface area contributed by atoms with Crippen LogP contribution < -0.4 is 16.0 Å². The van der Waals surface area contributed by atoms with Crippen molar-refractivity contribution in [3.8, 4) is 0 Å². The van der Waals surface area contributed by atoms with E-state index < -0.39 is 11.7 Å². The number of carbonyl (C=O) groups excluding carboxylic acids is 3. The number of carbonyl (C=O) groups is 3. The zero-order chi connectivity index (χ0) is 23.6. The van der Waals surface area contributed by atoms with Crippen LogP contribution in [-0.4, -0.2) is 30.1 Å². The minimum atomic E-state index is -0.572. The molecule has 3 amide bonds. The molecule has 0 saturated carbocycles. The number of halogens is 1. The highest BCUT2D eigenvalue weighted by atomic mass is 79.9. The molecule has 7 nitrogen and oxygen atoms in total. The van der Waals surface area contributed by atoms with Crippen molar-refractivity contribution >= 4 is 39.5 Å². The average Bonchev–Trinajstić information content (AvgIpc) is 2.70. The van der Waals surface area contributed by atoms with Crippen LogP contribution in [0.3, 0.4) is 0 Å². The lowest BCUT2D eigenvalue weighted by molar-refractivity contribution is -0.121. The van der Waals surface area contributed by atoms with Crippen LogP contribution >= 0.6 is 15.9 Å². The fourth-order valence-corrected chi connectivity index (χ4v) is 3.21. The number of anilines is 1. The van der Waals surface area contributed by atoms with E-state index >= 15 is 0 Å². The summed E-state index contributed by atoms with van der Waals surface area (Å²) in [5.41, 5.74) is 2.14. The molecule has 2 aromatic carbocycles. The smallest absolute Gasteiger partial charge is 0.407 e. The van der Waals surface area contributed by atoms with Gasteiger partial charge in [0.05, 0.1) is 0 Å². The lowest BCUT2D eigenvalue weighted by atomic mass is 10.1. The Bertz CT molecular complexity index is 924. The van der Waals surface area contributed by atoms with Crippen molar-refractivity contribution in [1.29, 1.82) is 0 Å². The molecule has 0 radical (unpaired) electrons. The van der Waals surface area contributed by atoms with Gasteiger partial charge >= 0.3 is 6.09 Å². The molecule has 0 unspecified atom stereocenters. The van der Waals surface area contributed by atoms with E-state index in [1.807, 2.05) is 48.5 Å². The Morgan fingerprint density at radius 2 is 1.62 bits per heavy atom. The van der Waals surface area contributed by atoms with Gasteiger partial charge in [-0.05, 0) is 62.6 Å². The highest BCUT2D eigenvalue weighted by Gasteiger charge is 2.15. The van der Waals surface area contributed by atoms with Gasteiger partial charge in [-0.2, -0.15) is 0 Å². The van der Waals surface area contributed by atoms with Crippen LogP contribution in [0.25, 0.3) is 0 Å². The van der Waals surface area contributed by atoms with Gasteiger partial charge in [0.2, 0.25) is 11.8 Å². The van der Waals surface area contributed by atoms with Crippen LogP contribution in [0.4, 0.5) is 10.5 Å². The summed E-state index contributed by atoms with van der Waals surface area (Å²) in [4.78, 5) is 35.7. The molecule has 0 spiro atoms. The molecule has 0 heterocycles. The summed E-state index contributed by atoms with van der Waals surface area (Å²) in [6.45, 7) is 5.90. The third-order valence-electron chi connectivity index (χ3n) is 4.28. The monoisotopic (exact) mass is 503 g/mol. The summed E-state index contributed by atoms with van der Waals surface area (Å²) in [6.07, 6.45) is 0.675. The molecule has 0 bridgehead atoms. The second kappa shape index (κ2) is 12.2. The number of nitrogens with one attached hydrogen (secondary N) is 3. The first-order valence-corrected chi connectivity index (χ1v) is 11.3. The van der Waals surface area contributed by atoms with Gasteiger partial charge in [0.25, 0.3) is 0 Å². The minimum Gasteiger partial charge on any atom is -0.444 e. The summed E-state index contributed by atoms with van der Waals surface area (Å²) in [7, 11) is 0. The molecule has 3 N–H and O–H groups in total. The molecule has 2 aromatic rings. The van der Waals surface area contributed by atoms with Crippen molar-refractivity contribution in [3.05, 3.63) is 64.1 Å². The molecule has 8 heteroatoms. The Hall–Kier alpha value is -2.87. The Morgan fingerprint density at radius 3 is 2.28 bits per heavy atom. The first kappa shape index (κ1) is 25.4. The van der Waals surface area contributed by atoms with E-state index in [0.717, 1.165) is 15.6 Å². The zero-order valence-corrected chi connectivity index (χ0v) is 20.3. The molecule has 172 valence electrons. The van der Waals surface area contributed by atoms with E-state index in [2.05, 4.69) is 31.9 Å². The molecule has 2 rings (SSSR count). The summed E-state index contributed by atoms with van der Waals surface area (Å²) in [5, 5.41) is 8.24. The zero-order valence-electron chi connectivity index (χ0n) is 18.7. The Kier molecular flexibility index (Phi) is 9.71. The summed E-state index contributed by atoms with van der Waals surface area (Å²) >= 11 is 3.43. The van der Waals surface area contributed by atoms with Gasteiger partial charge in [-0.3, -0.25) is 9.59 Å². The SMILES string of the molecule is CC(C)(C)OC(=O)NCCC(=O)NCc1ccc(NC(=O)CCc2cccc(Br)c2)cc1. The van der Waals surface area contributed by atoms with Gasteiger partial charge in [-0.1, -0.05) is 40.2 Å². The van der Waals surface area contributed by atoms with Crippen molar-refractivity contribution in [2.24, 2.45) is 0 Å². The van der Waals surface area contributed by atoms with Crippen molar-refractivity contribution in [2.45, 2.75) is 52.2 Å². The van der Waals surface area contributed by atoms with E-state index in [1.165, 1.54) is 0 Å². The number of rotatable bonds is 9. The van der Waals surface area contributed by atoms with Crippen molar-refractivity contribution < 1.29 is 19.1 Å². The van der Waals surface area contributed by atoms with Crippen molar-refractivity contribution in [3.63, 3.8) is 0 Å². The fraction of sp³-hybridized carbons (Fsp3) is 0.375. The van der Waals surface area contributed by atoms with Crippen LogP contribution in [0.1, 0.15) is 44.7 Å². The maximum absolute atomic E-state index is 12.2. The molecular weight excluding hydrogens is 474 g/mol. The Morgan fingerprint density at radius 1 is 0.906 bits per heavy atom. The first-order chi connectivity index (χ1) is 15.1. The first-order valence-electron chi connectivity index (χ1n) is 10.5. The molecule has 0 fully saturated rings. The van der Waals surface area contributed by atoms with E-state index in [1.54, 1.807) is 20.8 Å². The molecule has 0 aliphatic carbocycles. The summed E-state index contributed by atoms with van der Waals surface area (Å²) in [6, 6.07) is 15.2. The Balaban J connectivity index is 1.67. The topological polar surface area (TPSA) is 96.5 Å². The predicted molar refractivity (Wildman–Crippen MR) is 128 cm³/mol. The number of benzene rings is 2. The molecular formula is C24H30BrN3O4. The van der Waals surface area contributed by atoms with Gasteiger partial charge in [0.15, 0.2) is 0 Å². The van der Waals surface area contributed by atoms with Crippen LogP contribution in [0.5, 0.6) is 0 Å². The van der Waals surface area contributed by atoms with Gasteiger partial charge in [0.1, 0.15) is 5.60 Å². The molecule has 0 aromatic heterocycles. The number of alkyl carbamates (subject to hydrolysis) is 1. The second-order valence-electron chi connectivity index (χ2n) is 8.33. The van der Waals surface area contributed by atoms with Crippen LogP contribution in [-0.2, 0) is 27.3 Å². The molecule has 0 aliphatic rings. The van der Waals surface area contributed by atoms with Gasteiger partial charge in [-0.25, -0.2) is 4.79 Å². The number of ether oxygens (including phenoxy) is 1. The van der Waals surface area contributed by atoms with Crippen molar-refractivity contribution in [1.82, 2.24) is 10.6 Å². The lowest BCUT2D eigenvalue weighted by Crippen LogP contribution is -2.35. The molecule has 32 heavy (non-hydrogen) atoms. The quantitative estimate of drug-likeness (QED) is 0.467. The van der Waals surface area contributed by atoms with Crippen molar-refractivity contribution in [2.75, 3.05) is 11.9 Å². The predicted octanol–water partition coefficient (Wildman–Crippen LogP) is 4.55. The minimum absolute atomic E-state index is 0.0523. The highest BCUT2D eigenvalue weighted by Crippen LogP contribution is 2.14. The number of aryl methyl sites for hydroxylation is 1. The molecule has 0 saturated heterocycles. The summed E-state index contributed by atoms with van der Waals surface area (Å²) < 4.78 is 6.11. The number of hydrogen-bond acceptors (Lipinski definition) is 4. The third kappa shape index (κ3) is 10.4. The fourth-order valence-electron chi connectivity index (χ4n) is 2.76. The van der Waals surface area contributed by atoms with Crippen LogP contribution in [0, 0.1) is 0 Å². The average molecular weight is 504 g/mol. The maximum Gasteiger partial charge on any atom is 0.407 e. The second-order valence-corrected chi connectivity index (χ2v) is 9.25. The lowest BCUT2D eigenvalue weighted by Gasteiger charge is -2.19.